The normalized spacial score (nSPS) is 16.9. The molecule has 0 fully saturated rings. The summed E-state index contributed by atoms with van der Waals surface area (Å²) in [5.74, 6) is 0.261. The molecule has 1 aromatic heterocycles. The molecule has 2 heterocycles. The lowest BCUT2D eigenvalue weighted by Gasteiger charge is -2.27. The third kappa shape index (κ3) is 3.36. The van der Waals surface area contributed by atoms with Crippen LogP contribution in [0.15, 0.2) is 30.3 Å². The van der Waals surface area contributed by atoms with E-state index in [2.05, 4.69) is 53.8 Å². The Hall–Kier alpha value is -2.14. The monoisotopic (exact) mass is 326 g/mol. The van der Waals surface area contributed by atoms with Crippen LogP contribution in [-0.2, 0) is 13.0 Å². The van der Waals surface area contributed by atoms with E-state index in [0.29, 0.717) is 24.7 Å². The Bertz CT molecular complexity index is 720. The van der Waals surface area contributed by atoms with E-state index < -0.39 is 0 Å². The lowest BCUT2D eigenvalue weighted by molar-refractivity contribution is 0.0938. The summed E-state index contributed by atoms with van der Waals surface area (Å²) < 4.78 is 1.78. The van der Waals surface area contributed by atoms with Crippen LogP contribution in [0.1, 0.15) is 60.0 Å². The van der Waals surface area contributed by atoms with Gasteiger partial charge < -0.3 is 10.6 Å². The number of rotatable bonds is 5. The molecule has 5 heteroatoms. The minimum atomic E-state index is -0.0545. The van der Waals surface area contributed by atoms with E-state index in [1.165, 1.54) is 11.1 Å². The molecule has 1 aromatic carbocycles. The van der Waals surface area contributed by atoms with Crippen LogP contribution in [0.3, 0.4) is 0 Å². The molecule has 2 aromatic rings. The Morgan fingerprint density at radius 1 is 1.42 bits per heavy atom. The van der Waals surface area contributed by atoms with Crippen LogP contribution in [0, 0.1) is 0 Å². The van der Waals surface area contributed by atoms with Crippen molar-refractivity contribution in [2.24, 2.45) is 0 Å². The Morgan fingerprint density at radius 2 is 2.21 bits per heavy atom. The van der Waals surface area contributed by atoms with Crippen molar-refractivity contribution in [3.63, 3.8) is 0 Å². The summed E-state index contributed by atoms with van der Waals surface area (Å²) in [5.41, 5.74) is 4.26. The molecule has 1 amide bonds. The Labute approximate surface area is 143 Å². The van der Waals surface area contributed by atoms with Gasteiger partial charge in [-0.1, -0.05) is 38.1 Å². The number of aryl methyl sites for hydroxylation is 1. The second-order valence-corrected chi connectivity index (χ2v) is 6.59. The first-order valence-corrected chi connectivity index (χ1v) is 8.77. The molecule has 0 bridgehead atoms. The summed E-state index contributed by atoms with van der Waals surface area (Å²) >= 11 is 0. The molecule has 0 aliphatic carbocycles. The van der Waals surface area contributed by atoms with Crippen LogP contribution >= 0.6 is 0 Å². The van der Waals surface area contributed by atoms with Crippen LogP contribution in [0.5, 0.6) is 0 Å². The molecule has 1 aliphatic rings. The number of hydrogen-bond donors (Lipinski definition) is 2. The number of carbonyl (C=O) groups is 1. The van der Waals surface area contributed by atoms with Crippen molar-refractivity contribution in [3.8, 4) is 0 Å². The Balaban J connectivity index is 1.71. The standard InChI is InChI=1S/C19H26N4O/c1-4-23-18(11-16(22-23)13(2)3)19(24)21-12-17-15-8-6-5-7-14(15)9-10-20-17/h5-8,11,13,17,20H,4,9-10,12H2,1-3H3,(H,21,24). The average Bonchev–Trinajstić information content (AvgIpc) is 3.04. The molecule has 1 atom stereocenters. The van der Waals surface area contributed by atoms with Gasteiger partial charge >= 0.3 is 0 Å². The predicted octanol–water partition coefficient (Wildman–Crippen LogP) is 2.64. The highest BCUT2D eigenvalue weighted by atomic mass is 16.2. The van der Waals surface area contributed by atoms with Gasteiger partial charge in [0, 0.05) is 19.1 Å². The average molecular weight is 326 g/mol. The van der Waals surface area contributed by atoms with Crippen LogP contribution in [0.4, 0.5) is 0 Å². The first kappa shape index (κ1) is 16.7. The Kier molecular flexibility index (Phi) is 5.00. The molecule has 3 rings (SSSR count). The fraction of sp³-hybridized carbons (Fsp3) is 0.474. The molecule has 1 unspecified atom stereocenters. The van der Waals surface area contributed by atoms with Crippen molar-refractivity contribution in [1.82, 2.24) is 20.4 Å². The maximum absolute atomic E-state index is 12.6. The highest BCUT2D eigenvalue weighted by molar-refractivity contribution is 5.92. The Morgan fingerprint density at radius 3 is 2.96 bits per heavy atom. The SMILES string of the molecule is CCn1nc(C(C)C)cc1C(=O)NCC1NCCc2ccccc21. The van der Waals surface area contributed by atoms with Gasteiger partial charge in [0.1, 0.15) is 5.69 Å². The van der Waals surface area contributed by atoms with Gasteiger partial charge in [-0.25, -0.2) is 0 Å². The van der Waals surface area contributed by atoms with Crippen LogP contribution in [0.25, 0.3) is 0 Å². The van der Waals surface area contributed by atoms with Gasteiger partial charge in [-0.2, -0.15) is 5.10 Å². The van der Waals surface area contributed by atoms with Crippen molar-refractivity contribution < 1.29 is 4.79 Å². The van der Waals surface area contributed by atoms with Crippen molar-refractivity contribution >= 4 is 5.91 Å². The molecule has 2 N–H and O–H groups in total. The lowest BCUT2D eigenvalue weighted by atomic mass is 9.94. The molecule has 5 nitrogen and oxygen atoms in total. The molecule has 0 saturated carbocycles. The first-order valence-electron chi connectivity index (χ1n) is 8.77. The van der Waals surface area contributed by atoms with Gasteiger partial charge in [-0.3, -0.25) is 9.48 Å². The van der Waals surface area contributed by atoms with Gasteiger partial charge in [0.25, 0.3) is 5.91 Å². The number of nitrogens with one attached hydrogen (secondary N) is 2. The number of carbonyl (C=O) groups excluding carboxylic acids is 1. The molecule has 24 heavy (non-hydrogen) atoms. The minimum Gasteiger partial charge on any atom is -0.349 e. The summed E-state index contributed by atoms with van der Waals surface area (Å²) in [6.45, 7) is 8.41. The van der Waals surface area contributed by atoms with Crippen molar-refractivity contribution in [2.75, 3.05) is 13.1 Å². The quantitative estimate of drug-likeness (QED) is 0.888. The van der Waals surface area contributed by atoms with E-state index >= 15 is 0 Å². The van der Waals surface area contributed by atoms with Crippen LogP contribution in [0.2, 0.25) is 0 Å². The molecule has 0 radical (unpaired) electrons. The van der Waals surface area contributed by atoms with Crippen molar-refractivity contribution in [2.45, 2.75) is 45.7 Å². The van der Waals surface area contributed by atoms with E-state index in [-0.39, 0.29) is 11.9 Å². The zero-order chi connectivity index (χ0) is 17.1. The van der Waals surface area contributed by atoms with Crippen molar-refractivity contribution in [3.05, 3.63) is 52.8 Å². The number of nitrogens with zero attached hydrogens (tertiary/aromatic N) is 2. The summed E-state index contributed by atoms with van der Waals surface area (Å²) in [6.07, 6.45) is 1.04. The van der Waals surface area contributed by atoms with E-state index in [1.807, 2.05) is 13.0 Å². The first-order chi connectivity index (χ1) is 11.6. The molecule has 1 aliphatic heterocycles. The highest BCUT2D eigenvalue weighted by Gasteiger charge is 2.21. The topological polar surface area (TPSA) is 59.0 Å². The van der Waals surface area contributed by atoms with Gasteiger partial charge in [-0.05, 0) is 43.0 Å². The van der Waals surface area contributed by atoms with E-state index in [0.717, 1.165) is 18.7 Å². The fourth-order valence-electron chi connectivity index (χ4n) is 3.20. The summed E-state index contributed by atoms with van der Waals surface area (Å²) in [6, 6.07) is 10.5. The predicted molar refractivity (Wildman–Crippen MR) is 95.2 cm³/mol. The molecular weight excluding hydrogens is 300 g/mol. The van der Waals surface area contributed by atoms with Gasteiger partial charge in [-0.15, -0.1) is 0 Å². The largest absolute Gasteiger partial charge is 0.349 e. The molecule has 0 spiro atoms. The zero-order valence-corrected chi connectivity index (χ0v) is 14.7. The number of amides is 1. The van der Waals surface area contributed by atoms with Crippen LogP contribution < -0.4 is 10.6 Å². The number of hydrogen-bond acceptors (Lipinski definition) is 3. The van der Waals surface area contributed by atoms with Gasteiger partial charge in [0.05, 0.1) is 5.69 Å². The summed E-state index contributed by atoms with van der Waals surface area (Å²) in [7, 11) is 0. The van der Waals surface area contributed by atoms with Crippen molar-refractivity contribution in [1.29, 1.82) is 0 Å². The number of benzene rings is 1. The van der Waals surface area contributed by atoms with E-state index in [1.54, 1.807) is 4.68 Å². The highest BCUT2D eigenvalue weighted by Crippen LogP contribution is 2.22. The van der Waals surface area contributed by atoms with E-state index in [4.69, 9.17) is 0 Å². The summed E-state index contributed by atoms with van der Waals surface area (Å²) in [4.78, 5) is 12.6. The van der Waals surface area contributed by atoms with Gasteiger partial charge in [0.2, 0.25) is 0 Å². The second-order valence-electron chi connectivity index (χ2n) is 6.59. The van der Waals surface area contributed by atoms with Crippen LogP contribution in [-0.4, -0.2) is 28.8 Å². The third-order valence-electron chi connectivity index (χ3n) is 4.60. The summed E-state index contributed by atoms with van der Waals surface area (Å²) in [5, 5.41) is 11.1. The lowest BCUT2D eigenvalue weighted by Crippen LogP contribution is -2.39. The maximum atomic E-state index is 12.6. The van der Waals surface area contributed by atoms with Gasteiger partial charge in [0.15, 0.2) is 0 Å². The van der Waals surface area contributed by atoms with E-state index in [9.17, 15) is 4.79 Å². The maximum Gasteiger partial charge on any atom is 0.269 e. The fourth-order valence-corrected chi connectivity index (χ4v) is 3.20. The number of fused-ring (bicyclic) bond motifs is 1. The molecule has 128 valence electrons. The second kappa shape index (κ2) is 7.18. The number of aromatic nitrogens is 2. The zero-order valence-electron chi connectivity index (χ0n) is 14.7. The molecular formula is C19H26N4O. The third-order valence-corrected chi connectivity index (χ3v) is 4.60. The minimum absolute atomic E-state index is 0.0545. The molecule has 0 saturated heterocycles. The smallest absolute Gasteiger partial charge is 0.269 e.